The summed E-state index contributed by atoms with van der Waals surface area (Å²) in [6.07, 6.45) is 0.396. The Morgan fingerprint density at radius 3 is 2.25 bits per heavy atom. The van der Waals surface area contributed by atoms with E-state index in [-0.39, 0.29) is 0 Å². The summed E-state index contributed by atoms with van der Waals surface area (Å²) >= 11 is 0. The van der Waals surface area contributed by atoms with Crippen molar-refractivity contribution in [2.24, 2.45) is 0 Å². The molecule has 0 aromatic heterocycles. The lowest BCUT2D eigenvalue weighted by molar-refractivity contribution is -0.0591. The van der Waals surface area contributed by atoms with Crippen LogP contribution < -0.4 is 0 Å². The number of piperazine rings is 1. The Kier molecular flexibility index (Phi) is 5.46. The molecule has 0 N–H and O–H groups in total. The fourth-order valence-electron chi connectivity index (χ4n) is 3.21. The van der Waals surface area contributed by atoms with Crippen LogP contribution in [0.5, 0.6) is 0 Å². The highest BCUT2D eigenvalue weighted by atomic mass is 16.5. The third kappa shape index (κ3) is 4.42. The van der Waals surface area contributed by atoms with Crippen LogP contribution in [0.1, 0.15) is 34.6 Å². The first-order chi connectivity index (χ1) is 9.36. The maximum Gasteiger partial charge on any atom is 0.0829 e. The lowest BCUT2D eigenvalue weighted by Crippen LogP contribution is -2.56. The smallest absolute Gasteiger partial charge is 0.0829 e. The van der Waals surface area contributed by atoms with Gasteiger partial charge in [-0.05, 0) is 34.6 Å². The highest BCUT2D eigenvalue weighted by molar-refractivity contribution is 4.84. The quantitative estimate of drug-likeness (QED) is 0.781. The Morgan fingerprint density at radius 2 is 1.70 bits per heavy atom. The minimum Gasteiger partial charge on any atom is -0.374 e. The van der Waals surface area contributed by atoms with Gasteiger partial charge in [0, 0.05) is 57.4 Å². The molecule has 0 radical (unpaired) electrons. The molecule has 4 heteroatoms. The molecule has 2 fully saturated rings. The van der Waals surface area contributed by atoms with E-state index in [0.29, 0.717) is 17.7 Å². The van der Waals surface area contributed by atoms with Gasteiger partial charge in [-0.25, -0.2) is 0 Å². The molecule has 2 aliphatic rings. The molecule has 1 unspecified atom stereocenters. The van der Waals surface area contributed by atoms with Crippen LogP contribution >= 0.6 is 0 Å². The molecule has 0 amide bonds. The standard InChI is InChI=1S/C16H33N3O/c1-14(2)18-10-11-20-15(13-18)12-17-6-8-19(9-7-17)16(3,4)5/h14-15H,6-13H2,1-5H3. The summed E-state index contributed by atoms with van der Waals surface area (Å²) in [5.41, 5.74) is 0.307. The number of ether oxygens (including phenoxy) is 1. The summed E-state index contributed by atoms with van der Waals surface area (Å²) in [5.74, 6) is 0. The first kappa shape index (κ1) is 16.2. The van der Waals surface area contributed by atoms with Gasteiger partial charge in [0.15, 0.2) is 0 Å². The first-order valence-electron chi connectivity index (χ1n) is 8.19. The van der Waals surface area contributed by atoms with Crippen molar-refractivity contribution < 1.29 is 4.74 Å². The van der Waals surface area contributed by atoms with Crippen LogP contribution in [0.15, 0.2) is 0 Å². The van der Waals surface area contributed by atoms with Gasteiger partial charge >= 0.3 is 0 Å². The van der Waals surface area contributed by atoms with E-state index in [4.69, 9.17) is 4.74 Å². The van der Waals surface area contributed by atoms with E-state index in [1.54, 1.807) is 0 Å². The monoisotopic (exact) mass is 283 g/mol. The largest absolute Gasteiger partial charge is 0.374 e. The van der Waals surface area contributed by atoms with Crippen molar-refractivity contribution in [2.45, 2.75) is 52.3 Å². The van der Waals surface area contributed by atoms with E-state index in [1.807, 2.05) is 0 Å². The van der Waals surface area contributed by atoms with E-state index < -0.39 is 0 Å². The van der Waals surface area contributed by atoms with Crippen LogP contribution in [0, 0.1) is 0 Å². The van der Waals surface area contributed by atoms with Crippen LogP contribution in [0.4, 0.5) is 0 Å². The van der Waals surface area contributed by atoms with Gasteiger partial charge in [-0.15, -0.1) is 0 Å². The third-order valence-corrected chi connectivity index (χ3v) is 4.68. The summed E-state index contributed by atoms with van der Waals surface area (Å²) in [6, 6.07) is 0.638. The molecule has 2 rings (SSSR count). The predicted octanol–water partition coefficient (Wildman–Crippen LogP) is 1.51. The van der Waals surface area contributed by atoms with Gasteiger partial charge in [0.2, 0.25) is 0 Å². The molecular weight excluding hydrogens is 250 g/mol. The second-order valence-corrected chi connectivity index (χ2v) is 7.54. The van der Waals surface area contributed by atoms with Crippen LogP contribution in [0.25, 0.3) is 0 Å². The van der Waals surface area contributed by atoms with Gasteiger partial charge in [-0.1, -0.05) is 0 Å². The second kappa shape index (κ2) is 6.73. The topological polar surface area (TPSA) is 19.0 Å². The second-order valence-electron chi connectivity index (χ2n) is 7.54. The molecule has 0 aliphatic carbocycles. The lowest BCUT2D eigenvalue weighted by Gasteiger charge is -2.44. The fraction of sp³-hybridized carbons (Fsp3) is 1.00. The van der Waals surface area contributed by atoms with Gasteiger partial charge in [0.25, 0.3) is 0 Å². The van der Waals surface area contributed by atoms with E-state index in [9.17, 15) is 0 Å². The fourth-order valence-corrected chi connectivity index (χ4v) is 3.21. The summed E-state index contributed by atoms with van der Waals surface area (Å²) < 4.78 is 5.96. The average molecular weight is 283 g/mol. The van der Waals surface area contributed by atoms with Crippen molar-refractivity contribution in [1.29, 1.82) is 0 Å². The zero-order chi connectivity index (χ0) is 14.8. The maximum absolute atomic E-state index is 5.96. The molecule has 118 valence electrons. The predicted molar refractivity (Wildman–Crippen MR) is 84.2 cm³/mol. The van der Waals surface area contributed by atoms with Gasteiger partial charge < -0.3 is 4.74 Å². The molecule has 1 atom stereocenters. The van der Waals surface area contributed by atoms with Crippen molar-refractivity contribution in [3.63, 3.8) is 0 Å². The third-order valence-electron chi connectivity index (χ3n) is 4.68. The molecule has 4 nitrogen and oxygen atoms in total. The molecule has 0 aromatic carbocycles. The maximum atomic E-state index is 5.96. The summed E-state index contributed by atoms with van der Waals surface area (Å²) in [6.45, 7) is 20.4. The number of rotatable bonds is 3. The minimum atomic E-state index is 0.307. The Bertz CT molecular complexity index is 293. The summed E-state index contributed by atoms with van der Waals surface area (Å²) in [7, 11) is 0. The van der Waals surface area contributed by atoms with Gasteiger partial charge in [-0.3, -0.25) is 14.7 Å². The van der Waals surface area contributed by atoms with Crippen LogP contribution in [-0.2, 0) is 4.74 Å². The number of morpholine rings is 1. The highest BCUT2D eigenvalue weighted by Gasteiger charge is 2.28. The van der Waals surface area contributed by atoms with Crippen LogP contribution in [-0.4, -0.2) is 84.8 Å². The number of hydrogen-bond acceptors (Lipinski definition) is 4. The molecule has 0 saturated carbocycles. The first-order valence-corrected chi connectivity index (χ1v) is 8.19. The molecule has 2 saturated heterocycles. The van der Waals surface area contributed by atoms with E-state index in [0.717, 1.165) is 26.2 Å². The summed E-state index contributed by atoms with van der Waals surface area (Å²) in [4.78, 5) is 7.71. The van der Waals surface area contributed by atoms with Gasteiger partial charge in [0.1, 0.15) is 0 Å². The van der Waals surface area contributed by atoms with Crippen molar-refractivity contribution in [1.82, 2.24) is 14.7 Å². The Morgan fingerprint density at radius 1 is 1.05 bits per heavy atom. The van der Waals surface area contributed by atoms with E-state index in [1.165, 1.54) is 26.2 Å². The van der Waals surface area contributed by atoms with Crippen molar-refractivity contribution in [3.8, 4) is 0 Å². The Labute approximate surface area is 125 Å². The van der Waals surface area contributed by atoms with E-state index >= 15 is 0 Å². The lowest BCUT2D eigenvalue weighted by atomic mass is 10.0. The molecule has 2 heterocycles. The van der Waals surface area contributed by atoms with Gasteiger partial charge in [0.05, 0.1) is 12.7 Å². The zero-order valence-corrected chi connectivity index (χ0v) is 14.1. The van der Waals surface area contributed by atoms with Crippen molar-refractivity contribution in [3.05, 3.63) is 0 Å². The van der Waals surface area contributed by atoms with Crippen molar-refractivity contribution >= 4 is 0 Å². The SMILES string of the molecule is CC(C)N1CCOC(CN2CCN(C(C)(C)C)CC2)C1. The summed E-state index contributed by atoms with van der Waals surface area (Å²) in [5, 5.41) is 0. The molecule has 0 aromatic rings. The number of hydrogen-bond donors (Lipinski definition) is 0. The molecular formula is C16H33N3O. The normalized spacial score (nSPS) is 28.2. The molecule has 0 spiro atoms. The Hall–Kier alpha value is -0.160. The Balaban J connectivity index is 1.75. The highest BCUT2D eigenvalue weighted by Crippen LogP contribution is 2.17. The van der Waals surface area contributed by atoms with Crippen LogP contribution in [0.2, 0.25) is 0 Å². The molecule has 2 aliphatic heterocycles. The van der Waals surface area contributed by atoms with E-state index in [2.05, 4.69) is 49.3 Å². The molecule has 20 heavy (non-hydrogen) atoms. The zero-order valence-electron chi connectivity index (χ0n) is 14.1. The van der Waals surface area contributed by atoms with Crippen LogP contribution in [0.3, 0.4) is 0 Å². The molecule has 0 bridgehead atoms. The average Bonchev–Trinajstić information content (AvgIpc) is 2.38. The minimum absolute atomic E-state index is 0.307. The number of nitrogens with zero attached hydrogens (tertiary/aromatic N) is 3. The van der Waals surface area contributed by atoms with Crippen molar-refractivity contribution in [2.75, 3.05) is 52.4 Å². The van der Waals surface area contributed by atoms with Gasteiger partial charge in [-0.2, -0.15) is 0 Å².